The van der Waals surface area contributed by atoms with E-state index in [-0.39, 0.29) is 5.56 Å². The summed E-state index contributed by atoms with van der Waals surface area (Å²) in [6, 6.07) is 10.5. The maximum atomic E-state index is 11.9. The average molecular weight is 242 g/mol. The Morgan fingerprint density at radius 1 is 1.22 bits per heavy atom. The van der Waals surface area contributed by atoms with E-state index in [0.29, 0.717) is 12.6 Å². The molecule has 0 atom stereocenters. The molecule has 1 heterocycles. The van der Waals surface area contributed by atoms with Crippen molar-refractivity contribution in [2.45, 2.75) is 38.3 Å². The molecule has 0 aliphatic heterocycles. The number of benzene rings is 1. The van der Waals surface area contributed by atoms with Crippen molar-refractivity contribution < 1.29 is 0 Å². The van der Waals surface area contributed by atoms with Crippen LogP contribution in [-0.4, -0.2) is 11.0 Å². The second-order valence-corrected chi connectivity index (χ2v) is 5.07. The van der Waals surface area contributed by atoms with Crippen LogP contribution in [0.15, 0.2) is 35.1 Å². The number of rotatable bonds is 3. The molecule has 0 unspecified atom stereocenters. The molecule has 2 aromatic rings. The van der Waals surface area contributed by atoms with Crippen LogP contribution in [0.5, 0.6) is 0 Å². The van der Waals surface area contributed by atoms with Gasteiger partial charge in [0.1, 0.15) is 0 Å². The first-order valence-corrected chi connectivity index (χ1v) is 6.67. The molecule has 0 bridgehead atoms. The third-order valence-corrected chi connectivity index (χ3v) is 3.77. The Morgan fingerprint density at radius 3 is 2.83 bits per heavy atom. The zero-order chi connectivity index (χ0) is 12.4. The van der Waals surface area contributed by atoms with Crippen LogP contribution in [0, 0.1) is 0 Å². The third-order valence-electron chi connectivity index (χ3n) is 3.77. The largest absolute Gasteiger partial charge is 0.322 e. The summed E-state index contributed by atoms with van der Waals surface area (Å²) in [6.45, 7) is 0.671. The summed E-state index contributed by atoms with van der Waals surface area (Å²) in [5.74, 6) is 0. The minimum absolute atomic E-state index is 0.0270. The summed E-state index contributed by atoms with van der Waals surface area (Å²) in [5, 5.41) is 4.58. The highest BCUT2D eigenvalue weighted by atomic mass is 16.1. The van der Waals surface area contributed by atoms with Crippen molar-refractivity contribution in [2.75, 3.05) is 0 Å². The second-order valence-electron chi connectivity index (χ2n) is 5.07. The molecule has 2 N–H and O–H groups in total. The molecule has 1 aromatic heterocycles. The Balaban J connectivity index is 1.82. The Morgan fingerprint density at radius 2 is 2.00 bits per heavy atom. The van der Waals surface area contributed by atoms with Crippen LogP contribution in [0.2, 0.25) is 0 Å². The van der Waals surface area contributed by atoms with Crippen LogP contribution >= 0.6 is 0 Å². The second kappa shape index (κ2) is 4.94. The fourth-order valence-corrected chi connectivity index (χ4v) is 2.71. The van der Waals surface area contributed by atoms with Crippen molar-refractivity contribution in [2.24, 2.45) is 0 Å². The van der Waals surface area contributed by atoms with E-state index in [0.717, 1.165) is 16.5 Å². The highest BCUT2D eigenvalue weighted by molar-refractivity contribution is 5.78. The van der Waals surface area contributed by atoms with Crippen molar-refractivity contribution in [3.05, 3.63) is 46.2 Å². The Labute approximate surface area is 106 Å². The van der Waals surface area contributed by atoms with E-state index in [1.54, 1.807) is 0 Å². The van der Waals surface area contributed by atoms with Gasteiger partial charge in [0.25, 0.3) is 5.56 Å². The number of fused-ring (bicyclic) bond motifs is 1. The zero-order valence-electron chi connectivity index (χ0n) is 10.4. The molecule has 1 fully saturated rings. The minimum Gasteiger partial charge on any atom is -0.322 e. The van der Waals surface area contributed by atoms with Gasteiger partial charge in [-0.1, -0.05) is 31.0 Å². The molecule has 3 heteroatoms. The molecular weight excluding hydrogens is 224 g/mol. The number of aromatic amines is 1. The number of nitrogens with one attached hydrogen (secondary N) is 2. The molecule has 3 nitrogen and oxygen atoms in total. The number of aromatic nitrogens is 1. The summed E-state index contributed by atoms with van der Waals surface area (Å²) in [6.07, 6.45) is 5.11. The summed E-state index contributed by atoms with van der Waals surface area (Å²) in [7, 11) is 0. The predicted octanol–water partition coefficient (Wildman–Crippen LogP) is 2.56. The molecule has 94 valence electrons. The van der Waals surface area contributed by atoms with Gasteiger partial charge in [-0.25, -0.2) is 0 Å². The summed E-state index contributed by atoms with van der Waals surface area (Å²) < 4.78 is 0. The van der Waals surface area contributed by atoms with Crippen molar-refractivity contribution in [1.29, 1.82) is 0 Å². The van der Waals surface area contributed by atoms with Crippen LogP contribution < -0.4 is 10.9 Å². The smallest absolute Gasteiger partial charge is 0.252 e. The number of hydrogen-bond acceptors (Lipinski definition) is 2. The minimum atomic E-state index is 0.0270. The third kappa shape index (κ3) is 2.31. The SMILES string of the molecule is O=c1[nH]c2ccccc2cc1CNC1CCCC1. The number of pyridine rings is 1. The molecule has 0 spiro atoms. The van der Waals surface area contributed by atoms with Gasteiger partial charge in [-0.15, -0.1) is 0 Å². The first-order chi connectivity index (χ1) is 8.83. The van der Waals surface area contributed by atoms with E-state index >= 15 is 0 Å². The lowest BCUT2D eigenvalue weighted by Crippen LogP contribution is -2.28. The van der Waals surface area contributed by atoms with Gasteiger partial charge in [0.05, 0.1) is 0 Å². The molecule has 1 saturated carbocycles. The van der Waals surface area contributed by atoms with E-state index in [9.17, 15) is 4.79 Å². The molecular formula is C15H18N2O. The first kappa shape index (κ1) is 11.5. The lowest BCUT2D eigenvalue weighted by Gasteiger charge is -2.11. The van der Waals surface area contributed by atoms with Gasteiger partial charge in [0, 0.05) is 23.7 Å². The lowest BCUT2D eigenvalue weighted by atomic mass is 10.1. The van der Waals surface area contributed by atoms with Crippen LogP contribution in [0.3, 0.4) is 0 Å². The van der Waals surface area contributed by atoms with Gasteiger partial charge in [-0.3, -0.25) is 4.79 Å². The molecule has 1 aliphatic carbocycles. The number of H-pyrrole nitrogens is 1. The van der Waals surface area contributed by atoms with Crippen LogP contribution in [0.25, 0.3) is 10.9 Å². The standard InChI is InChI=1S/C15H18N2O/c18-15-12(10-16-13-6-2-3-7-13)9-11-5-1-4-8-14(11)17-15/h1,4-5,8-9,13,16H,2-3,6-7,10H2,(H,17,18). The van der Waals surface area contributed by atoms with E-state index < -0.39 is 0 Å². The van der Waals surface area contributed by atoms with Crippen LogP contribution in [0.1, 0.15) is 31.2 Å². The predicted molar refractivity (Wildman–Crippen MR) is 73.7 cm³/mol. The highest BCUT2D eigenvalue weighted by Crippen LogP contribution is 2.18. The van der Waals surface area contributed by atoms with Gasteiger partial charge < -0.3 is 10.3 Å². The van der Waals surface area contributed by atoms with E-state index in [4.69, 9.17) is 0 Å². The zero-order valence-corrected chi connectivity index (χ0v) is 10.4. The molecule has 0 radical (unpaired) electrons. The van der Waals surface area contributed by atoms with Crippen LogP contribution in [0.4, 0.5) is 0 Å². The van der Waals surface area contributed by atoms with Crippen LogP contribution in [-0.2, 0) is 6.54 Å². The summed E-state index contributed by atoms with van der Waals surface area (Å²) in [5.41, 5.74) is 1.77. The van der Waals surface area contributed by atoms with Crippen molar-refractivity contribution in [3.63, 3.8) is 0 Å². The van der Waals surface area contributed by atoms with Gasteiger partial charge in [-0.2, -0.15) is 0 Å². The Hall–Kier alpha value is -1.61. The highest BCUT2D eigenvalue weighted by Gasteiger charge is 2.14. The number of hydrogen-bond donors (Lipinski definition) is 2. The van der Waals surface area contributed by atoms with Crippen molar-refractivity contribution >= 4 is 10.9 Å². The fourth-order valence-electron chi connectivity index (χ4n) is 2.71. The van der Waals surface area contributed by atoms with Crippen molar-refractivity contribution in [1.82, 2.24) is 10.3 Å². The average Bonchev–Trinajstić information content (AvgIpc) is 2.89. The molecule has 1 aromatic carbocycles. The maximum absolute atomic E-state index is 11.9. The lowest BCUT2D eigenvalue weighted by molar-refractivity contribution is 0.523. The topological polar surface area (TPSA) is 44.9 Å². The van der Waals surface area contributed by atoms with Gasteiger partial charge in [0.15, 0.2) is 0 Å². The first-order valence-electron chi connectivity index (χ1n) is 6.67. The van der Waals surface area contributed by atoms with Gasteiger partial charge >= 0.3 is 0 Å². The van der Waals surface area contributed by atoms with Gasteiger partial charge in [0.2, 0.25) is 0 Å². The number of para-hydroxylation sites is 1. The van der Waals surface area contributed by atoms with E-state index in [2.05, 4.69) is 10.3 Å². The molecule has 3 rings (SSSR count). The van der Waals surface area contributed by atoms with Crippen molar-refractivity contribution in [3.8, 4) is 0 Å². The van der Waals surface area contributed by atoms with Gasteiger partial charge in [-0.05, 0) is 30.4 Å². The Kier molecular flexibility index (Phi) is 3.15. The Bertz CT molecular complexity index is 597. The normalized spacial score (nSPS) is 16.4. The quantitative estimate of drug-likeness (QED) is 0.868. The fraction of sp³-hybridized carbons (Fsp3) is 0.400. The summed E-state index contributed by atoms with van der Waals surface area (Å²) >= 11 is 0. The molecule has 0 amide bonds. The van der Waals surface area contributed by atoms with E-state index in [1.807, 2.05) is 30.3 Å². The molecule has 1 aliphatic rings. The van der Waals surface area contributed by atoms with E-state index in [1.165, 1.54) is 25.7 Å². The summed E-state index contributed by atoms with van der Waals surface area (Å²) in [4.78, 5) is 14.9. The molecule has 0 saturated heterocycles. The monoisotopic (exact) mass is 242 g/mol. The molecule has 18 heavy (non-hydrogen) atoms. The maximum Gasteiger partial charge on any atom is 0.252 e.